The molecule has 1 fully saturated rings. The van der Waals surface area contributed by atoms with E-state index in [1.807, 2.05) is 23.4 Å². The topological polar surface area (TPSA) is 42.7 Å². The van der Waals surface area contributed by atoms with Crippen LogP contribution in [-0.4, -0.2) is 32.6 Å². The van der Waals surface area contributed by atoms with Crippen molar-refractivity contribution in [1.29, 1.82) is 0 Å². The molecule has 1 aliphatic rings. The lowest BCUT2D eigenvalue weighted by molar-refractivity contribution is 0.405. The average Bonchev–Trinajstić information content (AvgIpc) is 2.73. The Morgan fingerprint density at radius 2 is 2.11 bits per heavy atom. The smallest absolute Gasteiger partial charge is 0.191 e. The molecule has 2 rings (SSSR count). The largest absolute Gasteiger partial charge is 0.313 e. The van der Waals surface area contributed by atoms with E-state index in [1.165, 1.54) is 38.5 Å². The molecule has 1 aromatic heterocycles. The molecular weight excluding hydrogens is 244 g/mol. The normalized spacial score (nSPS) is 25.7. The van der Waals surface area contributed by atoms with Gasteiger partial charge in [-0.2, -0.15) is 0 Å². The van der Waals surface area contributed by atoms with E-state index in [9.17, 15) is 0 Å². The molecule has 0 radical (unpaired) electrons. The van der Waals surface area contributed by atoms with Crippen LogP contribution < -0.4 is 5.32 Å². The van der Waals surface area contributed by atoms with Gasteiger partial charge in [-0.15, -0.1) is 10.2 Å². The minimum Gasteiger partial charge on any atom is -0.313 e. The SMILES string of the molecule is CCNC1CCCCCCC1Sc1nncn1C. The van der Waals surface area contributed by atoms with Crippen molar-refractivity contribution in [3.63, 3.8) is 0 Å². The van der Waals surface area contributed by atoms with Crippen molar-refractivity contribution in [2.75, 3.05) is 6.54 Å². The van der Waals surface area contributed by atoms with Crippen LogP contribution in [0.25, 0.3) is 0 Å². The summed E-state index contributed by atoms with van der Waals surface area (Å²) >= 11 is 1.90. The molecule has 102 valence electrons. The molecule has 18 heavy (non-hydrogen) atoms. The number of nitrogens with one attached hydrogen (secondary N) is 1. The highest BCUT2D eigenvalue weighted by atomic mass is 32.2. The van der Waals surface area contributed by atoms with E-state index in [2.05, 4.69) is 22.4 Å². The zero-order valence-corrected chi connectivity index (χ0v) is 12.2. The Balaban J connectivity index is 2.02. The Morgan fingerprint density at radius 1 is 1.33 bits per heavy atom. The van der Waals surface area contributed by atoms with Gasteiger partial charge < -0.3 is 9.88 Å². The lowest BCUT2D eigenvalue weighted by Crippen LogP contribution is -2.38. The Morgan fingerprint density at radius 3 is 2.78 bits per heavy atom. The lowest BCUT2D eigenvalue weighted by atomic mass is 9.96. The fourth-order valence-corrected chi connectivity index (χ4v) is 3.86. The Bertz CT molecular complexity index is 353. The zero-order valence-electron chi connectivity index (χ0n) is 11.4. The fraction of sp³-hybridized carbons (Fsp3) is 0.846. The summed E-state index contributed by atoms with van der Waals surface area (Å²) in [5.74, 6) is 0. The molecule has 0 spiro atoms. The van der Waals surface area contributed by atoms with Gasteiger partial charge in [0.25, 0.3) is 0 Å². The summed E-state index contributed by atoms with van der Waals surface area (Å²) in [6.45, 7) is 3.25. The first kappa shape index (κ1) is 13.9. The van der Waals surface area contributed by atoms with Gasteiger partial charge in [-0.1, -0.05) is 44.4 Å². The molecule has 0 saturated heterocycles. The second-order valence-corrected chi connectivity index (χ2v) is 6.24. The molecule has 0 bridgehead atoms. The molecular formula is C13H24N4S. The maximum absolute atomic E-state index is 4.21. The molecule has 1 aliphatic carbocycles. The number of thioether (sulfide) groups is 1. The minimum atomic E-state index is 0.622. The van der Waals surface area contributed by atoms with E-state index in [-0.39, 0.29) is 0 Å². The molecule has 0 aromatic carbocycles. The van der Waals surface area contributed by atoms with Crippen molar-refractivity contribution >= 4 is 11.8 Å². The summed E-state index contributed by atoms with van der Waals surface area (Å²) in [5, 5.41) is 13.5. The van der Waals surface area contributed by atoms with E-state index in [1.54, 1.807) is 6.33 Å². The standard InChI is InChI=1S/C13H24N4S/c1-3-14-11-8-6-4-5-7-9-12(11)18-13-16-15-10-17(13)2/h10-12,14H,3-9H2,1-2H3. The van der Waals surface area contributed by atoms with Crippen LogP contribution in [0.4, 0.5) is 0 Å². The van der Waals surface area contributed by atoms with E-state index >= 15 is 0 Å². The van der Waals surface area contributed by atoms with Crippen molar-refractivity contribution in [3.05, 3.63) is 6.33 Å². The second kappa shape index (κ2) is 7.14. The molecule has 1 heterocycles. The van der Waals surface area contributed by atoms with E-state index in [0.29, 0.717) is 11.3 Å². The molecule has 1 aromatic rings. The molecule has 0 aliphatic heterocycles. The van der Waals surface area contributed by atoms with Crippen molar-refractivity contribution in [3.8, 4) is 0 Å². The molecule has 2 atom stereocenters. The van der Waals surface area contributed by atoms with Gasteiger partial charge in [-0.3, -0.25) is 0 Å². The highest BCUT2D eigenvalue weighted by molar-refractivity contribution is 7.99. The maximum Gasteiger partial charge on any atom is 0.191 e. The Hall–Kier alpha value is -0.550. The van der Waals surface area contributed by atoms with E-state index < -0.39 is 0 Å². The fourth-order valence-electron chi connectivity index (χ4n) is 2.60. The van der Waals surface area contributed by atoms with Crippen molar-refractivity contribution in [1.82, 2.24) is 20.1 Å². The number of hydrogen-bond acceptors (Lipinski definition) is 4. The number of nitrogens with zero attached hydrogens (tertiary/aromatic N) is 3. The van der Waals surface area contributed by atoms with Crippen LogP contribution >= 0.6 is 11.8 Å². The van der Waals surface area contributed by atoms with Crippen molar-refractivity contribution in [2.45, 2.75) is 61.9 Å². The molecule has 1 saturated carbocycles. The first-order chi connectivity index (χ1) is 8.81. The zero-order chi connectivity index (χ0) is 12.8. The number of aryl methyl sites for hydroxylation is 1. The monoisotopic (exact) mass is 268 g/mol. The van der Waals surface area contributed by atoms with Gasteiger partial charge in [0, 0.05) is 18.3 Å². The van der Waals surface area contributed by atoms with Gasteiger partial charge in [0.1, 0.15) is 6.33 Å². The first-order valence-electron chi connectivity index (χ1n) is 7.05. The van der Waals surface area contributed by atoms with Gasteiger partial charge in [0.05, 0.1) is 0 Å². The highest BCUT2D eigenvalue weighted by Crippen LogP contribution is 2.31. The molecule has 2 unspecified atom stereocenters. The lowest BCUT2D eigenvalue weighted by Gasteiger charge is -2.29. The molecule has 5 heteroatoms. The molecule has 1 N–H and O–H groups in total. The van der Waals surface area contributed by atoms with E-state index in [4.69, 9.17) is 0 Å². The Kier molecular flexibility index (Phi) is 5.50. The predicted octanol–water partition coefficient (Wildman–Crippen LogP) is 2.61. The van der Waals surface area contributed by atoms with Gasteiger partial charge >= 0.3 is 0 Å². The van der Waals surface area contributed by atoms with Crippen LogP contribution in [0.3, 0.4) is 0 Å². The third-order valence-corrected chi connectivity index (χ3v) is 5.04. The van der Waals surface area contributed by atoms with Gasteiger partial charge in [-0.05, 0) is 19.4 Å². The summed E-state index contributed by atoms with van der Waals surface area (Å²) in [5.41, 5.74) is 0. The summed E-state index contributed by atoms with van der Waals surface area (Å²) in [4.78, 5) is 0. The predicted molar refractivity (Wildman–Crippen MR) is 75.8 cm³/mol. The summed E-state index contributed by atoms with van der Waals surface area (Å²) < 4.78 is 2.02. The van der Waals surface area contributed by atoms with Crippen molar-refractivity contribution in [2.24, 2.45) is 7.05 Å². The van der Waals surface area contributed by atoms with Crippen LogP contribution in [0, 0.1) is 0 Å². The number of rotatable bonds is 4. The van der Waals surface area contributed by atoms with Gasteiger partial charge in [-0.25, -0.2) is 0 Å². The van der Waals surface area contributed by atoms with Crippen molar-refractivity contribution < 1.29 is 0 Å². The van der Waals surface area contributed by atoms with Crippen LogP contribution in [0.1, 0.15) is 45.4 Å². The quantitative estimate of drug-likeness (QED) is 0.911. The summed E-state index contributed by atoms with van der Waals surface area (Å²) in [6, 6.07) is 0.622. The number of aromatic nitrogens is 3. The van der Waals surface area contributed by atoms with Crippen LogP contribution in [0.15, 0.2) is 11.5 Å². The van der Waals surface area contributed by atoms with Gasteiger partial charge in [0.15, 0.2) is 5.16 Å². The highest BCUT2D eigenvalue weighted by Gasteiger charge is 2.24. The average molecular weight is 268 g/mol. The van der Waals surface area contributed by atoms with Crippen LogP contribution in [0.5, 0.6) is 0 Å². The third kappa shape index (κ3) is 3.72. The summed E-state index contributed by atoms with van der Waals surface area (Å²) in [7, 11) is 2.02. The van der Waals surface area contributed by atoms with Crippen LogP contribution in [-0.2, 0) is 7.05 Å². The minimum absolute atomic E-state index is 0.622. The first-order valence-corrected chi connectivity index (χ1v) is 7.93. The summed E-state index contributed by atoms with van der Waals surface area (Å²) in [6.07, 6.45) is 9.84. The number of hydrogen-bond donors (Lipinski definition) is 1. The van der Waals surface area contributed by atoms with Crippen LogP contribution in [0.2, 0.25) is 0 Å². The Labute approximate surface area is 114 Å². The molecule has 0 amide bonds. The third-order valence-electron chi connectivity index (χ3n) is 3.60. The van der Waals surface area contributed by atoms with Gasteiger partial charge in [0.2, 0.25) is 0 Å². The molecule has 4 nitrogen and oxygen atoms in total. The van der Waals surface area contributed by atoms with E-state index in [0.717, 1.165) is 11.7 Å². The second-order valence-electron chi connectivity index (χ2n) is 5.04. The maximum atomic E-state index is 4.21.